The fraction of sp³-hybridized carbons (Fsp3) is 0.818. The number of piperidine rings is 1. The van der Waals surface area contributed by atoms with Crippen LogP contribution in [0.1, 0.15) is 39.0 Å². The zero-order valence-corrected chi connectivity index (χ0v) is 8.58. The van der Waals surface area contributed by atoms with Gasteiger partial charge in [0, 0.05) is 12.3 Å². The lowest BCUT2D eigenvalue weighted by molar-refractivity contribution is -0.139. The van der Waals surface area contributed by atoms with Gasteiger partial charge in [-0.25, -0.2) is 0 Å². The summed E-state index contributed by atoms with van der Waals surface area (Å²) in [5.41, 5.74) is 0. The van der Waals surface area contributed by atoms with Gasteiger partial charge in [-0.3, -0.25) is 14.9 Å². The van der Waals surface area contributed by atoms with E-state index in [4.69, 9.17) is 0 Å². The Balaban J connectivity index is 2.07. The molecule has 3 heteroatoms. The molecule has 1 heterocycles. The smallest absolute Gasteiger partial charge is 0.229 e. The highest BCUT2D eigenvalue weighted by Crippen LogP contribution is 2.38. The van der Waals surface area contributed by atoms with E-state index in [-0.39, 0.29) is 17.7 Å². The average molecular weight is 195 g/mol. The van der Waals surface area contributed by atoms with E-state index in [9.17, 15) is 9.59 Å². The van der Waals surface area contributed by atoms with Crippen molar-refractivity contribution in [1.82, 2.24) is 5.32 Å². The van der Waals surface area contributed by atoms with Crippen LogP contribution in [0.15, 0.2) is 0 Å². The normalized spacial score (nSPS) is 34.6. The molecule has 2 aliphatic rings. The van der Waals surface area contributed by atoms with Gasteiger partial charge in [-0.15, -0.1) is 0 Å². The standard InChI is InChI=1S/C11H17NO2/c1-7-9(8-4-2-3-5-8)6-10(13)12-11(7)14/h7-9H,2-6H2,1H3,(H,12,13,14). The highest BCUT2D eigenvalue weighted by molar-refractivity contribution is 5.98. The van der Waals surface area contributed by atoms with Crippen molar-refractivity contribution >= 4 is 11.8 Å². The van der Waals surface area contributed by atoms with Gasteiger partial charge < -0.3 is 0 Å². The lowest BCUT2D eigenvalue weighted by Crippen LogP contribution is -2.46. The topological polar surface area (TPSA) is 46.2 Å². The maximum atomic E-state index is 11.4. The van der Waals surface area contributed by atoms with Crippen LogP contribution in [-0.2, 0) is 9.59 Å². The summed E-state index contributed by atoms with van der Waals surface area (Å²) in [7, 11) is 0. The summed E-state index contributed by atoms with van der Waals surface area (Å²) in [6, 6.07) is 0. The predicted octanol–water partition coefficient (Wildman–Crippen LogP) is 1.48. The first-order valence-electron chi connectivity index (χ1n) is 5.52. The van der Waals surface area contributed by atoms with Crippen LogP contribution in [0.3, 0.4) is 0 Å². The number of carbonyl (C=O) groups excluding carboxylic acids is 2. The van der Waals surface area contributed by atoms with Gasteiger partial charge in [0.15, 0.2) is 0 Å². The van der Waals surface area contributed by atoms with Gasteiger partial charge in [-0.05, 0) is 11.8 Å². The second-order valence-corrected chi connectivity index (χ2v) is 4.61. The van der Waals surface area contributed by atoms with Gasteiger partial charge in [0.25, 0.3) is 0 Å². The summed E-state index contributed by atoms with van der Waals surface area (Å²) in [6.45, 7) is 1.95. The fourth-order valence-electron chi connectivity index (χ4n) is 2.85. The van der Waals surface area contributed by atoms with E-state index in [1.165, 1.54) is 25.7 Å². The monoisotopic (exact) mass is 195 g/mol. The van der Waals surface area contributed by atoms with E-state index in [0.717, 1.165) is 0 Å². The predicted molar refractivity (Wildman–Crippen MR) is 52.4 cm³/mol. The summed E-state index contributed by atoms with van der Waals surface area (Å²) >= 11 is 0. The maximum absolute atomic E-state index is 11.4. The van der Waals surface area contributed by atoms with Gasteiger partial charge in [0.05, 0.1) is 0 Å². The molecule has 1 saturated heterocycles. The molecule has 0 aromatic heterocycles. The average Bonchev–Trinajstić information content (AvgIpc) is 2.63. The van der Waals surface area contributed by atoms with Crippen molar-refractivity contribution in [3.63, 3.8) is 0 Å². The molecule has 1 saturated carbocycles. The van der Waals surface area contributed by atoms with E-state index < -0.39 is 0 Å². The van der Waals surface area contributed by atoms with Gasteiger partial charge in [-0.1, -0.05) is 32.6 Å². The van der Waals surface area contributed by atoms with Crippen molar-refractivity contribution in [2.75, 3.05) is 0 Å². The van der Waals surface area contributed by atoms with Crippen molar-refractivity contribution < 1.29 is 9.59 Å². The summed E-state index contributed by atoms with van der Waals surface area (Å²) < 4.78 is 0. The minimum atomic E-state index is -0.0787. The summed E-state index contributed by atoms with van der Waals surface area (Å²) in [4.78, 5) is 22.7. The molecule has 2 rings (SSSR count). The fourth-order valence-corrected chi connectivity index (χ4v) is 2.85. The van der Waals surface area contributed by atoms with E-state index >= 15 is 0 Å². The van der Waals surface area contributed by atoms with Crippen molar-refractivity contribution in [1.29, 1.82) is 0 Å². The molecule has 14 heavy (non-hydrogen) atoms. The van der Waals surface area contributed by atoms with Crippen molar-refractivity contribution in [2.24, 2.45) is 17.8 Å². The highest BCUT2D eigenvalue weighted by atomic mass is 16.2. The summed E-state index contributed by atoms with van der Waals surface area (Å²) in [5.74, 6) is 0.790. The van der Waals surface area contributed by atoms with Crippen LogP contribution >= 0.6 is 0 Å². The van der Waals surface area contributed by atoms with Crippen LogP contribution in [-0.4, -0.2) is 11.8 Å². The SMILES string of the molecule is CC1C(=O)NC(=O)CC1C1CCCC1. The molecular formula is C11H17NO2. The van der Waals surface area contributed by atoms with Gasteiger partial charge in [0.1, 0.15) is 0 Å². The Kier molecular flexibility index (Phi) is 2.57. The minimum Gasteiger partial charge on any atom is -0.296 e. The van der Waals surface area contributed by atoms with Crippen molar-refractivity contribution in [3.8, 4) is 0 Å². The molecule has 3 nitrogen and oxygen atoms in total. The molecular weight excluding hydrogens is 178 g/mol. The Hall–Kier alpha value is -0.860. The molecule has 0 aromatic carbocycles. The van der Waals surface area contributed by atoms with Gasteiger partial charge >= 0.3 is 0 Å². The molecule has 0 bridgehead atoms. The van der Waals surface area contributed by atoms with Crippen molar-refractivity contribution in [2.45, 2.75) is 39.0 Å². The molecule has 2 fully saturated rings. The minimum absolute atomic E-state index is 0.0239. The number of rotatable bonds is 1. The van der Waals surface area contributed by atoms with Crippen LogP contribution in [0.2, 0.25) is 0 Å². The first-order valence-corrected chi connectivity index (χ1v) is 5.52. The number of imide groups is 1. The van der Waals surface area contributed by atoms with Crippen molar-refractivity contribution in [3.05, 3.63) is 0 Å². The number of amides is 2. The number of carbonyl (C=O) groups is 2. The molecule has 2 amide bonds. The molecule has 2 unspecified atom stereocenters. The summed E-state index contributed by atoms with van der Waals surface area (Å²) in [5, 5.41) is 2.40. The van der Waals surface area contributed by atoms with Gasteiger partial charge in [-0.2, -0.15) is 0 Å². The third-order valence-corrected chi connectivity index (χ3v) is 3.74. The second-order valence-electron chi connectivity index (χ2n) is 4.61. The Bertz CT molecular complexity index is 256. The third-order valence-electron chi connectivity index (χ3n) is 3.74. The molecule has 0 aromatic rings. The van der Waals surface area contributed by atoms with E-state index in [0.29, 0.717) is 18.3 Å². The molecule has 1 aliphatic carbocycles. The Morgan fingerprint density at radius 1 is 1.21 bits per heavy atom. The van der Waals surface area contributed by atoms with E-state index in [1.807, 2.05) is 6.92 Å². The van der Waals surface area contributed by atoms with Crippen LogP contribution in [0.4, 0.5) is 0 Å². The highest BCUT2D eigenvalue weighted by Gasteiger charge is 2.38. The number of hydrogen-bond acceptors (Lipinski definition) is 2. The maximum Gasteiger partial charge on any atom is 0.229 e. The van der Waals surface area contributed by atoms with Crippen LogP contribution in [0, 0.1) is 17.8 Å². The second kappa shape index (κ2) is 3.71. The van der Waals surface area contributed by atoms with Crippen LogP contribution in [0.25, 0.3) is 0 Å². The quantitative estimate of drug-likeness (QED) is 0.644. The first-order chi connectivity index (χ1) is 6.68. The zero-order valence-electron chi connectivity index (χ0n) is 8.58. The van der Waals surface area contributed by atoms with E-state index in [2.05, 4.69) is 5.32 Å². The Morgan fingerprint density at radius 2 is 1.86 bits per heavy atom. The molecule has 0 spiro atoms. The summed E-state index contributed by atoms with van der Waals surface area (Å²) in [6.07, 6.45) is 5.50. The molecule has 1 N–H and O–H groups in total. The number of nitrogens with one attached hydrogen (secondary N) is 1. The Labute approximate surface area is 84.2 Å². The molecule has 78 valence electrons. The largest absolute Gasteiger partial charge is 0.296 e. The lowest BCUT2D eigenvalue weighted by atomic mass is 9.76. The molecule has 2 atom stereocenters. The first kappa shape index (κ1) is 9.69. The number of hydrogen-bond donors (Lipinski definition) is 1. The van der Waals surface area contributed by atoms with Crippen LogP contribution < -0.4 is 5.32 Å². The van der Waals surface area contributed by atoms with E-state index in [1.54, 1.807) is 0 Å². The molecule has 1 aliphatic heterocycles. The van der Waals surface area contributed by atoms with Gasteiger partial charge in [0.2, 0.25) is 11.8 Å². The van der Waals surface area contributed by atoms with Crippen LogP contribution in [0.5, 0.6) is 0 Å². The third kappa shape index (κ3) is 1.68. The Morgan fingerprint density at radius 3 is 2.50 bits per heavy atom. The lowest BCUT2D eigenvalue weighted by Gasteiger charge is -2.31. The molecule has 0 radical (unpaired) electrons. The zero-order chi connectivity index (χ0) is 10.1.